The molecule has 3 heteroatoms. The van der Waals surface area contributed by atoms with Gasteiger partial charge in [0.25, 0.3) is 0 Å². The maximum Gasteiger partial charge on any atom is 0.123 e. The number of hydrogen-bond donors (Lipinski definition) is 0. The Bertz CT molecular complexity index is 715. The van der Waals surface area contributed by atoms with E-state index in [1.165, 1.54) is 12.1 Å². The third-order valence-electron chi connectivity index (χ3n) is 3.41. The van der Waals surface area contributed by atoms with E-state index >= 15 is 0 Å². The number of rotatable bonds is 4. The molecule has 0 saturated carbocycles. The summed E-state index contributed by atoms with van der Waals surface area (Å²) in [5, 5.41) is 4.69. The van der Waals surface area contributed by atoms with Crippen LogP contribution in [0.3, 0.4) is 0 Å². The molecule has 3 rings (SSSR count). The molecule has 0 saturated heterocycles. The summed E-state index contributed by atoms with van der Waals surface area (Å²) in [7, 11) is 0. The average Bonchev–Trinajstić information content (AvgIpc) is 2.93. The molecule has 0 N–H and O–H groups in total. The van der Waals surface area contributed by atoms with Crippen LogP contribution in [0.15, 0.2) is 60.7 Å². The van der Waals surface area contributed by atoms with Gasteiger partial charge in [-0.15, -0.1) is 0 Å². The predicted molar refractivity (Wildman–Crippen MR) is 83.0 cm³/mol. The number of aryl methyl sites for hydroxylation is 1. The van der Waals surface area contributed by atoms with Gasteiger partial charge in [-0.25, -0.2) is 9.07 Å². The standard InChI is InChI=1S/C18H17FN2/c1-2-6-16-13-18(14-9-11-15(19)12-10-14)21(20-16)17-7-4-3-5-8-17/h3-5,7-13H,2,6H2,1H3. The topological polar surface area (TPSA) is 17.8 Å². The number of para-hydroxylation sites is 1. The van der Waals surface area contributed by atoms with Crippen molar-refractivity contribution in [1.82, 2.24) is 9.78 Å². The molecule has 0 aliphatic carbocycles. The molecule has 0 fully saturated rings. The van der Waals surface area contributed by atoms with Gasteiger partial charge in [0.05, 0.1) is 17.1 Å². The van der Waals surface area contributed by atoms with Crippen LogP contribution in [0.5, 0.6) is 0 Å². The number of halogens is 1. The lowest BCUT2D eigenvalue weighted by Gasteiger charge is -2.07. The van der Waals surface area contributed by atoms with Crippen molar-refractivity contribution in [2.45, 2.75) is 19.8 Å². The Labute approximate surface area is 123 Å². The zero-order valence-electron chi connectivity index (χ0n) is 12.0. The van der Waals surface area contributed by atoms with Crippen molar-refractivity contribution < 1.29 is 4.39 Å². The Morgan fingerprint density at radius 1 is 1.00 bits per heavy atom. The lowest BCUT2D eigenvalue weighted by atomic mass is 10.1. The van der Waals surface area contributed by atoms with E-state index in [4.69, 9.17) is 5.10 Å². The molecule has 0 aliphatic rings. The van der Waals surface area contributed by atoms with Gasteiger partial charge in [-0.3, -0.25) is 0 Å². The van der Waals surface area contributed by atoms with Crippen molar-refractivity contribution in [2.24, 2.45) is 0 Å². The van der Waals surface area contributed by atoms with Crippen molar-refractivity contribution in [3.05, 3.63) is 72.2 Å². The first-order valence-corrected chi connectivity index (χ1v) is 7.18. The normalized spacial score (nSPS) is 10.8. The monoisotopic (exact) mass is 280 g/mol. The maximum absolute atomic E-state index is 13.1. The summed E-state index contributed by atoms with van der Waals surface area (Å²) in [4.78, 5) is 0. The number of aromatic nitrogens is 2. The van der Waals surface area contributed by atoms with Gasteiger partial charge in [0.1, 0.15) is 5.82 Å². The van der Waals surface area contributed by atoms with E-state index in [-0.39, 0.29) is 5.82 Å². The molecule has 1 heterocycles. The van der Waals surface area contributed by atoms with E-state index in [1.807, 2.05) is 35.0 Å². The molecule has 0 spiro atoms. The summed E-state index contributed by atoms with van der Waals surface area (Å²) in [6.07, 6.45) is 1.99. The quantitative estimate of drug-likeness (QED) is 0.681. The number of hydrogen-bond acceptors (Lipinski definition) is 1. The van der Waals surface area contributed by atoms with Gasteiger partial charge < -0.3 is 0 Å². The molecule has 21 heavy (non-hydrogen) atoms. The largest absolute Gasteiger partial charge is 0.233 e. The molecule has 0 aliphatic heterocycles. The minimum absolute atomic E-state index is 0.224. The minimum Gasteiger partial charge on any atom is -0.233 e. The zero-order chi connectivity index (χ0) is 14.7. The minimum atomic E-state index is -0.224. The number of benzene rings is 2. The van der Waals surface area contributed by atoms with E-state index in [0.29, 0.717) is 0 Å². The van der Waals surface area contributed by atoms with Crippen LogP contribution in [0.2, 0.25) is 0 Å². The lowest BCUT2D eigenvalue weighted by molar-refractivity contribution is 0.628. The van der Waals surface area contributed by atoms with E-state index in [0.717, 1.165) is 35.5 Å². The second-order valence-electron chi connectivity index (χ2n) is 5.03. The molecule has 106 valence electrons. The zero-order valence-corrected chi connectivity index (χ0v) is 12.0. The second kappa shape index (κ2) is 5.92. The van der Waals surface area contributed by atoms with Gasteiger partial charge in [0.2, 0.25) is 0 Å². The predicted octanol–water partition coefficient (Wildman–Crippen LogP) is 4.63. The Morgan fingerprint density at radius 3 is 2.38 bits per heavy atom. The molecular formula is C18H17FN2. The first kappa shape index (κ1) is 13.6. The smallest absolute Gasteiger partial charge is 0.123 e. The summed E-state index contributed by atoms with van der Waals surface area (Å²) >= 11 is 0. The van der Waals surface area contributed by atoms with Crippen molar-refractivity contribution in [1.29, 1.82) is 0 Å². The molecule has 0 radical (unpaired) electrons. The highest BCUT2D eigenvalue weighted by molar-refractivity contribution is 5.62. The van der Waals surface area contributed by atoms with Gasteiger partial charge in [-0.2, -0.15) is 5.10 Å². The summed E-state index contributed by atoms with van der Waals surface area (Å²) in [6, 6.07) is 18.7. The Balaban J connectivity index is 2.11. The van der Waals surface area contributed by atoms with Crippen LogP contribution in [0.25, 0.3) is 16.9 Å². The fourth-order valence-corrected chi connectivity index (χ4v) is 2.40. The van der Waals surface area contributed by atoms with Gasteiger partial charge in [0, 0.05) is 5.56 Å². The van der Waals surface area contributed by atoms with Crippen molar-refractivity contribution in [3.63, 3.8) is 0 Å². The summed E-state index contributed by atoms with van der Waals surface area (Å²) in [5.41, 5.74) is 4.03. The van der Waals surface area contributed by atoms with E-state index in [2.05, 4.69) is 13.0 Å². The summed E-state index contributed by atoms with van der Waals surface area (Å²) < 4.78 is 15.1. The number of nitrogens with zero attached hydrogens (tertiary/aromatic N) is 2. The first-order chi connectivity index (χ1) is 10.3. The Kier molecular flexibility index (Phi) is 3.82. The van der Waals surface area contributed by atoms with Crippen LogP contribution < -0.4 is 0 Å². The van der Waals surface area contributed by atoms with Crippen molar-refractivity contribution >= 4 is 0 Å². The first-order valence-electron chi connectivity index (χ1n) is 7.18. The van der Waals surface area contributed by atoms with Crippen molar-refractivity contribution in [2.75, 3.05) is 0 Å². The fraction of sp³-hybridized carbons (Fsp3) is 0.167. The van der Waals surface area contributed by atoms with Crippen LogP contribution in [-0.2, 0) is 6.42 Å². The van der Waals surface area contributed by atoms with Gasteiger partial charge in [-0.1, -0.05) is 31.5 Å². The molecule has 0 unspecified atom stereocenters. The highest BCUT2D eigenvalue weighted by Gasteiger charge is 2.11. The van der Waals surface area contributed by atoms with Gasteiger partial charge in [0.15, 0.2) is 0 Å². The van der Waals surface area contributed by atoms with Crippen LogP contribution in [-0.4, -0.2) is 9.78 Å². The third kappa shape index (κ3) is 2.87. The molecule has 0 bridgehead atoms. The fourth-order valence-electron chi connectivity index (χ4n) is 2.40. The SMILES string of the molecule is CCCc1cc(-c2ccc(F)cc2)n(-c2ccccc2)n1. The molecule has 0 amide bonds. The van der Waals surface area contributed by atoms with Crippen LogP contribution in [0, 0.1) is 5.82 Å². The molecule has 2 nitrogen and oxygen atoms in total. The van der Waals surface area contributed by atoms with Crippen molar-refractivity contribution in [3.8, 4) is 16.9 Å². The molecule has 2 aromatic carbocycles. The van der Waals surface area contributed by atoms with Crippen LogP contribution in [0.4, 0.5) is 4.39 Å². The second-order valence-corrected chi connectivity index (χ2v) is 5.03. The maximum atomic E-state index is 13.1. The molecular weight excluding hydrogens is 263 g/mol. The van der Waals surface area contributed by atoms with Crippen LogP contribution >= 0.6 is 0 Å². The Hall–Kier alpha value is -2.42. The lowest BCUT2D eigenvalue weighted by Crippen LogP contribution is -1.99. The van der Waals surface area contributed by atoms with Gasteiger partial charge in [-0.05, 0) is 48.9 Å². The third-order valence-corrected chi connectivity index (χ3v) is 3.41. The van der Waals surface area contributed by atoms with E-state index in [9.17, 15) is 4.39 Å². The van der Waals surface area contributed by atoms with Gasteiger partial charge >= 0.3 is 0 Å². The molecule has 0 atom stereocenters. The summed E-state index contributed by atoms with van der Waals surface area (Å²) in [5.74, 6) is -0.224. The Morgan fingerprint density at radius 2 is 1.71 bits per heavy atom. The molecule has 3 aromatic rings. The summed E-state index contributed by atoms with van der Waals surface area (Å²) in [6.45, 7) is 2.14. The van der Waals surface area contributed by atoms with E-state index < -0.39 is 0 Å². The molecule has 1 aromatic heterocycles. The average molecular weight is 280 g/mol. The van der Waals surface area contributed by atoms with Crippen LogP contribution in [0.1, 0.15) is 19.0 Å². The van der Waals surface area contributed by atoms with E-state index in [1.54, 1.807) is 12.1 Å². The highest BCUT2D eigenvalue weighted by Crippen LogP contribution is 2.24. The highest BCUT2D eigenvalue weighted by atomic mass is 19.1.